The largest absolute Gasteiger partial charge is 0.352 e. The van der Waals surface area contributed by atoms with E-state index in [4.69, 9.17) is 0 Å². The summed E-state index contributed by atoms with van der Waals surface area (Å²) in [4.78, 5) is 36.4. The van der Waals surface area contributed by atoms with Gasteiger partial charge in [0.05, 0.1) is 16.5 Å². The second kappa shape index (κ2) is 7.27. The molecule has 0 unspecified atom stereocenters. The predicted molar refractivity (Wildman–Crippen MR) is 104 cm³/mol. The van der Waals surface area contributed by atoms with Gasteiger partial charge < -0.3 is 10.2 Å². The summed E-state index contributed by atoms with van der Waals surface area (Å²) in [6.45, 7) is 2.16. The standard InChI is InChI=1S/C21H20FN3O4/c1-12-4-2-3-5-15(12)16-10-18(16)23-21(27)13-8-20(26)24(11-13)14-6-7-17(22)19(9-14)25(28)29/h2-7,9,13,16,18H,8,10-11H2,1H3,(H,23,27)/t13-,16-,18-/m0/s1. The van der Waals surface area contributed by atoms with E-state index in [1.807, 2.05) is 25.1 Å². The molecule has 1 saturated heterocycles. The normalized spacial score (nSPS) is 23.2. The van der Waals surface area contributed by atoms with E-state index in [2.05, 4.69) is 11.4 Å². The number of rotatable bonds is 5. The van der Waals surface area contributed by atoms with Gasteiger partial charge >= 0.3 is 5.69 Å². The highest BCUT2D eigenvalue weighted by Gasteiger charge is 2.43. The van der Waals surface area contributed by atoms with Gasteiger partial charge in [-0.2, -0.15) is 4.39 Å². The third-order valence-electron chi connectivity index (χ3n) is 5.64. The lowest BCUT2D eigenvalue weighted by Gasteiger charge is -2.16. The molecule has 1 saturated carbocycles. The van der Waals surface area contributed by atoms with Crippen molar-refractivity contribution in [2.45, 2.75) is 31.7 Å². The summed E-state index contributed by atoms with van der Waals surface area (Å²) >= 11 is 0. The van der Waals surface area contributed by atoms with Crippen molar-refractivity contribution in [1.29, 1.82) is 0 Å². The molecule has 4 rings (SSSR count). The minimum absolute atomic E-state index is 0.0265. The maximum Gasteiger partial charge on any atom is 0.306 e. The number of carbonyl (C=O) groups excluding carboxylic acids is 2. The van der Waals surface area contributed by atoms with Crippen molar-refractivity contribution in [1.82, 2.24) is 5.32 Å². The molecular formula is C21H20FN3O4. The van der Waals surface area contributed by atoms with Crippen molar-refractivity contribution in [2.24, 2.45) is 5.92 Å². The van der Waals surface area contributed by atoms with Crippen LogP contribution in [0.2, 0.25) is 0 Å². The fraction of sp³-hybridized carbons (Fsp3) is 0.333. The number of carbonyl (C=O) groups is 2. The van der Waals surface area contributed by atoms with Crippen LogP contribution in [-0.2, 0) is 9.59 Å². The number of halogens is 1. The van der Waals surface area contributed by atoms with Gasteiger partial charge in [-0.05, 0) is 36.6 Å². The van der Waals surface area contributed by atoms with E-state index in [9.17, 15) is 24.1 Å². The molecular weight excluding hydrogens is 377 g/mol. The molecule has 2 fully saturated rings. The van der Waals surface area contributed by atoms with Gasteiger partial charge in [0.2, 0.25) is 17.6 Å². The molecule has 0 aromatic heterocycles. The van der Waals surface area contributed by atoms with Crippen LogP contribution in [0.15, 0.2) is 42.5 Å². The van der Waals surface area contributed by atoms with Crippen molar-refractivity contribution in [3.8, 4) is 0 Å². The fourth-order valence-electron chi connectivity index (χ4n) is 3.94. The highest BCUT2D eigenvalue weighted by molar-refractivity contribution is 6.00. The van der Waals surface area contributed by atoms with Crippen LogP contribution in [0, 0.1) is 28.8 Å². The average Bonchev–Trinajstić information content (AvgIpc) is 3.32. The van der Waals surface area contributed by atoms with E-state index < -0.39 is 22.3 Å². The maximum absolute atomic E-state index is 13.6. The summed E-state index contributed by atoms with van der Waals surface area (Å²) in [7, 11) is 0. The van der Waals surface area contributed by atoms with Crippen molar-refractivity contribution in [3.05, 3.63) is 69.5 Å². The van der Waals surface area contributed by atoms with Gasteiger partial charge in [0.1, 0.15) is 0 Å². The van der Waals surface area contributed by atoms with Crippen molar-refractivity contribution < 1.29 is 18.9 Å². The quantitative estimate of drug-likeness (QED) is 0.620. The first kappa shape index (κ1) is 19.0. The minimum atomic E-state index is -0.962. The van der Waals surface area contributed by atoms with Gasteiger partial charge in [0, 0.05) is 31.0 Å². The molecule has 3 atom stereocenters. The first-order valence-electron chi connectivity index (χ1n) is 9.45. The number of nitrogens with one attached hydrogen (secondary N) is 1. The molecule has 1 aliphatic heterocycles. The highest BCUT2D eigenvalue weighted by atomic mass is 19.1. The number of nitro benzene ring substituents is 1. The van der Waals surface area contributed by atoms with Crippen LogP contribution in [0.3, 0.4) is 0 Å². The maximum atomic E-state index is 13.6. The Morgan fingerprint density at radius 2 is 2.03 bits per heavy atom. The predicted octanol–water partition coefficient (Wildman–Crippen LogP) is 3.07. The Kier molecular flexibility index (Phi) is 4.77. The Morgan fingerprint density at radius 1 is 1.28 bits per heavy atom. The Morgan fingerprint density at radius 3 is 2.76 bits per heavy atom. The lowest BCUT2D eigenvalue weighted by atomic mass is 10.0. The molecule has 29 heavy (non-hydrogen) atoms. The molecule has 8 heteroatoms. The number of nitrogens with zero attached hydrogens (tertiary/aromatic N) is 2. The van der Waals surface area contributed by atoms with Crippen LogP contribution in [0.25, 0.3) is 0 Å². The van der Waals surface area contributed by atoms with Crippen LogP contribution >= 0.6 is 0 Å². The molecule has 1 heterocycles. The monoisotopic (exact) mass is 397 g/mol. The van der Waals surface area contributed by atoms with Gasteiger partial charge in [-0.1, -0.05) is 24.3 Å². The molecule has 2 aromatic rings. The number of benzene rings is 2. The summed E-state index contributed by atoms with van der Waals surface area (Å²) in [5.41, 5.74) is 1.94. The van der Waals surface area contributed by atoms with Crippen LogP contribution in [-0.4, -0.2) is 29.3 Å². The Labute approximate surface area is 166 Å². The van der Waals surface area contributed by atoms with Gasteiger partial charge in [-0.15, -0.1) is 0 Å². The zero-order valence-electron chi connectivity index (χ0n) is 15.8. The average molecular weight is 397 g/mol. The molecule has 0 bridgehead atoms. The summed E-state index contributed by atoms with van der Waals surface area (Å²) in [6, 6.07) is 11.4. The van der Waals surface area contributed by atoms with Crippen LogP contribution < -0.4 is 10.2 Å². The smallest absolute Gasteiger partial charge is 0.306 e. The Hall–Kier alpha value is -3.29. The van der Waals surface area contributed by atoms with E-state index in [1.165, 1.54) is 22.1 Å². The third kappa shape index (κ3) is 3.70. The van der Waals surface area contributed by atoms with E-state index >= 15 is 0 Å². The molecule has 2 aromatic carbocycles. The van der Waals surface area contributed by atoms with E-state index in [0.717, 1.165) is 18.6 Å². The molecule has 2 aliphatic rings. The highest BCUT2D eigenvalue weighted by Crippen LogP contribution is 2.42. The van der Waals surface area contributed by atoms with E-state index in [1.54, 1.807) is 0 Å². The lowest BCUT2D eigenvalue weighted by molar-refractivity contribution is -0.387. The number of hydrogen-bond acceptors (Lipinski definition) is 4. The summed E-state index contributed by atoms with van der Waals surface area (Å²) in [6.07, 6.45) is 0.893. The molecule has 150 valence electrons. The molecule has 7 nitrogen and oxygen atoms in total. The van der Waals surface area contributed by atoms with Crippen LogP contribution in [0.5, 0.6) is 0 Å². The van der Waals surface area contributed by atoms with Gasteiger partial charge in [0.15, 0.2) is 0 Å². The Bertz CT molecular complexity index is 1010. The van der Waals surface area contributed by atoms with E-state index in [-0.39, 0.29) is 42.4 Å². The molecule has 0 spiro atoms. The minimum Gasteiger partial charge on any atom is -0.352 e. The fourth-order valence-corrected chi connectivity index (χ4v) is 3.94. The molecule has 1 N–H and O–H groups in total. The van der Waals surface area contributed by atoms with Gasteiger partial charge in [-0.3, -0.25) is 19.7 Å². The van der Waals surface area contributed by atoms with Crippen LogP contribution in [0.1, 0.15) is 29.9 Å². The van der Waals surface area contributed by atoms with E-state index in [0.29, 0.717) is 0 Å². The molecule has 1 aliphatic carbocycles. The van der Waals surface area contributed by atoms with Crippen molar-refractivity contribution in [2.75, 3.05) is 11.4 Å². The van der Waals surface area contributed by atoms with Crippen molar-refractivity contribution in [3.63, 3.8) is 0 Å². The lowest BCUT2D eigenvalue weighted by Crippen LogP contribution is -2.34. The summed E-state index contributed by atoms with van der Waals surface area (Å²) < 4.78 is 13.6. The Balaban J connectivity index is 1.41. The summed E-state index contributed by atoms with van der Waals surface area (Å²) in [5, 5.41) is 14.0. The number of amides is 2. The molecule has 2 amide bonds. The number of anilines is 1. The molecule has 0 radical (unpaired) electrons. The second-order valence-electron chi connectivity index (χ2n) is 7.61. The summed E-state index contributed by atoms with van der Waals surface area (Å²) in [5.74, 6) is -1.72. The first-order valence-corrected chi connectivity index (χ1v) is 9.45. The SMILES string of the molecule is Cc1ccccc1[C@@H]1C[C@@H]1NC(=O)[C@H]1CC(=O)N(c2ccc(F)c([N+](=O)[O-])c2)C1. The number of nitro groups is 1. The topological polar surface area (TPSA) is 92.6 Å². The number of aryl methyl sites for hydroxylation is 1. The zero-order chi connectivity index (χ0) is 20.7. The van der Waals surface area contributed by atoms with Gasteiger partial charge in [-0.25, -0.2) is 0 Å². The second-order valence-corrected chi connectivity index (χ2v) is 7.61. The van der Waals surface area contributed by atoms with Crippen LogP contribution in [0.4, 0.5) is 15.8 Å². The zero-order valence-corrected chi connectivity index (χ0v) is 15.8. The van der Waals surface area contributed by atoms with Crippen molar-refractivity contribution >= 4 is 23.2 Å². The van der Waals surface area contributed by atoms with Gasteiger partial charge in [0.25, 0.3) is 0 Å². The first-order chi connectivity index (χ1) is 13.8. The third-order valence-corrected chi connectivity index (χ3v) is 5.64. The number of hydrogen-bond donors (Lipinski definition) is 1.